The Labute approximate surface area is 147 Å². The minimum absolute atomic E-state index is 0.129. The number of benzene rings is 1. The lowest BCUT2D eigenvalue weighted by Crippen LogP contribution is -2.74. The van der Waals surface area contributed by atoms with Gasteiger partial charge in [-0.25, -0.2) is 9.09 Å². The fourth-order valence-electron chi connectivity index (χ4n) is 2.12. The van der Waals surface area contributed by atoms with E-state index in [0.717, 1.165) is 6.92 Å². The molecule has 0 radical (unpaired) electrons. The summed E-state index contributed by atoms with van der Waals surface area (Å²) in [5.41, 5.74) is 2.64. The highest BCUT2D eigenvalue weighted by molar-refractivity contribution is 7.46. The van der Waals surface area contributed by atoms with Crippen LogP contribution in [0.15, 0.2) is 24.3 Å². The first kappa shape index (κ1) is 23.0. The SMILES string of the molecule is CC(O)(O)c1ccc(CCC(N)(C(O)(O)O)C(O)(O)OP(=O)(O)O)cc1. The molecule has 1 aromatic rings. The van der Waals surface area contributed by atoms with Crippen molar-refractivity contribution < 1.29 is 54.6 Å². The summed E-state index contributed by atoms with van der Waals surface area (Å²) in [6.45, 7) is 1.12. The summed E-state index contributed by atoms with van der Waals surface area (Å²) < 4.78 is 14.5. The normalized spacial score (nSPS) is 16.4. The van der Waals surface area contributed by atoms with E-state index in [0.29, 0.717) is 5.56 Å². The van der Waals surface area contributed by atoms with Crippen LogP contribution in [0.25, 0.3) is 0 Å². The fraction of sp³-hybridized carbons (Fsp3) is 0.538. The van der Waals surface area contributed by atoms with Gasteiger partial charge < -0.3 is 51.3 Å². The molecule has 1 atom stereocenters. The van der Waals surface area contributed by atoms with E-state index in [-0.39, 0.29) is 12.0 Å². The Morgan fingerprint density at radius 3 is 1.81 bits per heavy atom. The molecule has 0 spiro atoms. The highest BCUT2D eigenvalue weighted by atomic mass is 31.2. The van der Waals surface area contributed by atoms with Gasteiger partial charge in [0.1, 0.15) is 0 Å². The first-order valence-corrected chi connectivity index (χ1v) is 8.63. The van der Waals surface area contributed by atoms with Crippen LogP contribution < -0.4 is 5.73 Å². The zero-order valence-corrected chi connectivity index (χ0v) is 14.5. The number of phosphoric ester groups is 1. The summed E-state index contributed by atoms with van der Waals surface area (Å²) in [7, 11) is -5.54. The lowest BCUT2D eigenvalue weighted by atomic mass is 9.86. The highest BCUT2D eigenvalue weighted by Crippen LogP contribution is 2.45. The summed E-state index contributed by atoms with van der Waals surface area (Å²) >= 11 is 0. The lowest BCUT2D eigenvalue weighted by Gasteiger charge is -2.43. The molecule has 0 heterocycles. The van der Waals surface area contributed by atoms with Crippen LogP contribution in [0.1, 0.15) is 24.5 Å². The molecule has 12 nitrogen and oxygen atoms in total. The molecular formula is C13H22NO11P. The van der Waals surface area contributed by atoms with Gasteiger partial charge in [-0.15, -0.1) is 0 Å². The van der Waals surface area contributed by atoms with Crippen molar-refractivity contribution in [2.75, 3.05) is 0 Å². The Morgan fingerprint density at radius 2 is 1.46 bits per heavy atom. The highest BCUT2D eigenvalue weighted by Gasteiger charge is 2.63. The Kier molecular flexibility index (Phi) is 6.39. The first-order valence-electron chi connectivity index (χ1n) is 7.10. The molecule has 0 saturated carbocycles. The maximum absolute atomic E-state index is 10.8. The molecular weight excluding hydrogens is 377 g/mol. The maximum atomic E-state index is 10.8. The average Bonchev–Trinajstić information content (AvgIpc) is 2.40. The van der Waals surface area contributed by atoms with Crippen LogP contribution in [0.4, 0.5) is 0 Å². The van der Waals surface area contributed by atoms with Gasteiger partial charge in [0, 0.05) is 5.56 Å². The summed E-state index contributed by atoms with van der Waals surface area (Å²) in [6.07, 6.45) is -1.10. The molecule has 1 unspecified atom stereocenters. The van der Waals surface area contributed by atoms with Crippen LogP contribution in [0.2, 0.25) is 0 Å². The molecule has 0 fully saturated rings. The number of hydrogen-bond donors (Lipinski definition) is 10. The second kappa shape index (κ2) is 7.20. The third-order valence-corrected chi connectivity index (χ3v) is 4.23. The van der Waals surface area contributed by atoms with Crippen molar-refractivity contribution in [1.29, 1.82) is 0 Å². The quantitative estimate of drug-likeness (QED) is 0.154. The van der Waals surface area contributed by atoms with E-state index in [2.05, 4.69) is 4.52 Å². The van der Waals surface area contributed by atoms with Gasteiger partial charge in [0.15, 0.2) is 11.3 Å². The molecule has 0 amide bonds. The third kappa shape index (κ3) is 5.50. The lowest BCUT2D eigenvalue weighted by molar-refractivity contribution is -0.441. The average molecular weight is 399 g/mol. The molecule has 0 aliphatic rings. The summed E-state index contributed by atoms with van der Waals surface area (Å²) in [6, 6.07) is 5.37. The van der Waals surface area contributed by atoms with Gasteiger partial charge >= 0.3 is 19.8 Å². The van der Waals surface area contributed by atoms with Crippen LogP contribution in [0.3, 0.4) is 0 Å². The third-order valence-electron chi connectivity index (χ3n) is 3.73. The van der Waals surface area contributed by atoms with E-state index >= 15 is 0 Å². The second-order valence-electron chi connectivity index (χ2n) is 6.01. The molecule has 0 aliphatic carbocycles. The molecule has 0 aliphatic heterocycles. The number of hydrogen-bond acceptors (Lipinski definition) is 10. The molecule has 1 aromatic carbocycles. The molecule has 0 aromatic heterocycles. The zero-order chi connectivity index (χ0) is 20.6. The smallest absolute Gasteiger partial charge is 0.362 e. The van der Waals surface area contributed by atoms with E-state index in [1.807, 2.05) is 0 Å². The Hall–Kier alpha value is -0.990. The number of aryl methyl sites for hydroxylation is 1. The number of nitrogens with two attached hydrogens (primary N) is 1. The standard InChI is InChI=1S/C13H22NO11P/c1-10(15,16)9-4-2-8(3-5-9)6-7-11(14,12(17,18)19)13(20,21)25-26(22,23)24/h2-5,15-21H,6-7,14H2,1H3,(H2,22,23,24). The van der Waals surface area contributed by atoms with Gasteiger partial charge in [-0.3, -0.25) is 0 Å². The predicted molar refractivity (Wildman–Crippen MR) is 83.2 cm³/mol. The van der Waals surface area contributed by atoms with Crippen molar-refractivity contribution in [3.05, 3.63) is 35.4 Å². The fourth-order valence-corrected chi connectivity index (χ4v) is 2.62. The Balaban J connectivity index is 3.08. The van der Waals surface area contributed by atoms with Crippen molar-refractivity contribution in [2.24, 2.45) is 5.73 Å². The summed E-state index contributed by atoms with van der Waals surface area (Å²) in [4.78, 5) is 17.4. The number of rotatable bonds is 8. The summed E-state index contributed by atoms with van der Waals surface area (Å²) in [5, 5.41) is 66.4. The van der Waals surface area contributed by atoms with E-state index < -0.39 is 37.5 Å². The topological polar surface area (TPSA) is 234 Å². The van der Waals surface area contributed by atoms with E-state index in [1.165, 1.54) is 24.3 Å². The Morgan fingerprint density at radius 1 is 1.00 bits per heavy atom. The van der Waals surface area contributed by atoms with E-state index in [1.54, 1.807) is 0 Å². The van der Waals surface area contributed by atoms with Crippen molar-refractivity contribution in [3.63, 3.8) is 0 Å². The number of aliphatic hydroxyl groups is 7. The second-order valence-corrected chi connectivity index (χ2v) is 7.18. The molecule has 0 bridgehead atoms. The van der Waals surface area contributed by atoms with Crippen LogP contribution in [0.5, 0.6) is 0 Å². The van der Waals surface area contributed by atoms with Gasteiger partial charge in [0.05, 0.1) is 0 Å². The van der Waals surface area contributed by atoms with Crippen LogP contribution in [-0.2, 0) is 21.3 Å². The first-order chi connectivity index (χ1) is 11.4. The van der Waals surface area contributed by atoms with Crippen molar-refractivity contribution >= 4 is 7.82 Å². The molecule has 1 rings (SSSR count). The number of phosphoric acid groups is 1. The van der Waals surface area contributed by atoms with Crippen molar-refractivity contribution in [2.45, 2.75) is 43.0 Å². The minimum Gasteiger partial charge on any atom is -0.362 e. The van der Waals surface area contributed by atoms with E-state index in [9.17, 15) is 40.3 Å². The van der Waals surface area contributed by atoms with E-state index in [4.69, 9.17) is 15.5 Å². The van der Waals surface area contributed by atoms with Crippen molar-refractivity contribution in [3.8, 4) is 0 Å². The van der Waals surface area contributed by atoms with Crippen LogP contribution >= 0.6 is 7.82 Å². The summed E-state index contributed by atoms with van der Waals surface area (Å²) in [5.74, 6) is -10.1. The van der Waals surface area contributed by atoms with Gasteiger partial charge in [0.2, 0.25) is 0 Å². The van der Waals surface area contributed by atoms with Gasteiger partial charge in [-0.1, -0.05) is 24.3 Å². The van der Waals surface area contributed by atoms with Gasteiger partial charge in [-0.05, 0) is 25.3 Å². The van der Waals surface area contributed by atoms with Gasteiger partial charge in [0.25, 0.3) is 0 Å². The Bertz CT molecular complexity index is 658. The molecule has 0 saturated heterocycles. The van der Waals surface area contributed by atoms with Gasteiger partial charge in [-0.2, -0.15) is 0 Å². The largest absolute Gasteiger partial charge is 0.474 e. The monoisotopic (exact) mass is 399 g/mol. The van der Waals surface area contributed by atoms with Crippen molar-refractivity contribution in [1.82, 2.24) is 0 Å². The molecule has 26 heavy (non-hydrogen) atoms. The molecule has 150 valence electrons. The predicted octanol–water partition coefficient (Wildman–Crippen LogP) is -3.15. The minimum atomic E-state index is -5.54. The van der Waals surface area contributed by atoms with Crippen LogP contribution in [-0.4, -0.2) is 63.0 Å². The molecule has 11 N–H and O–H groups in total. The zero-order valence-electron chi connectivity index (χ0n) is 13.6. The molecule has 13 heteroatoms. The maximum Gasteiger partial charge on any atom is 0.474 e. The van der Waals surface area contributed by atoms with Crippen LogP contribution in [0, 0.1) is 0 Å².